The van der Waals surface area contributed by atoms with Crippen LogP contribution in [-0.4, -0.2) is 0 Å². The van der Waals surface area contributed by atoms with Crippen LogP contribution in [0.3, 0.4) is 0 Å². The topological polar surface area (TPSA) is 26.3 Å². The van der Waals surface area contributed by atoms with Gasteiger partial charge in [0.2, 0.25) is 0 Å². The quantitative estimate of drug-likeness (QED) is 0.122. The van der Waals surface area contributed by atoms with Gasteiger partial charge in [-0.05, 0) is 0 Å². The molecule has 3 heteroatoms. The molecule has 2 atom stereocenters. The second kappa shape index (κ2) is 16.5. The van der Waals surface area contributed by atoms with Crippen molar-refractivity contribution in [2.24, 2.45) is 0 Å². The van der Waals surface area contributed by atoms with Gasteiger partial charge in [0, 0.05) is 0 Å². The van der Waals surface area contributed by atoms with E-state index in [0.29, 0.717) is 0 Å². The first-order valence-corrected chi connectivity index (χ1v) is 23.9. The monoisotopic (exact) mass is 840 g/mol. The van der Waals surface area contributed by atoms with Crippen molar-refractivity contribution >= 4 is 23.3 Å². The van der Waals surface area contributed by atoms with E-state index in [2.05, 4.69) is 196 Å². The van der Waals surface area contributed by atoms with Gasteiger partial charge in [0.15, 0.2) is 0 Å². The van der Waals surface area contributed by atoms with Crippen molar-refractivity contribution in [2.45, 2.75) is 46.8 Å². The molecule has 59 heavy (non-hydrogen) atoms. The maximum atomic E-state index is 6.83. The first-order valence-electron chi connectivity index (χ1n) is 21.1. The molecule has 0 saturated carbocycles. The van der Waals surface area contributed by atoms with Crippen LogP contribution in [-0.2, 0) is 36.1 Å². The molecule has 2 heterocycles. The van der Waals surface area contributed by atoms with Crippen LogP contribution < -0.4 is 0 Å². The number of hydrogen-bond donors (Lipinski definition) is 0. The molecule has 2 unspecified atom stereocenters. The van der Waals surface area contributed by atoms with Crippen molar-refractivity contribution in [3.63, 3.8) is 0 Å². The van der Waals surface area contributed by atoms with Gasteiger partial charge >= 0.3 is 362 Å². The molecule has 10 rings (SSSR count). The normalized spacial score (nSPS) is 15.4. The molecule has 2 aromatic heterocycles. The summed E-state index contributed by atoms with van der Waals surface area (Å²) in [4.78, 5) is 0. The number of benzene rings is 6. The Morgan fingerprint density at radius 3 is 1.20 bits per heavy atom. The van der Waals surface area contributed by atoms with E-state index in [-0.39, 0.29) is 7.25 Å². The summed E-state index contributed by atoms with van der Waals surface area (Å²) in [7, 11) is 0. The summed E-state index contributed by atoms with van der Waals surface area (Å²) >= 11 is -1.44. The third-order valence-corrected chi connectivity index (χ3v) is 16.7. The first-order chi connectivity index (χ1) is 29.1. The van der Waals surface area contributed by atoms with Crippen LogP contribution in [0.1, 0.15) is 78.8 Å². The van der Waals surface area contributed by atoms with Crippen molar-refractivity contribution in [3.8, 4) is 44.9 Å². The predicted octanol–water partition coefficient (Wildman–Crippen LogP) is 15.4. The third kappa shape index (κ3) is 7.32. The molecule has 2 aliphatic carbocycles. The molecule has 0 spiro atoms. The van der Waals surface area contributed by atoms with Crippen LogP contribution in [0, 0.1) is 0 Å². The van der Waals surface area contributed by atoms with Gasteiger partial charge in [-0.25, -0.2) is 0 Å². The second-order valence-electron chi connectivity index (χ2n) is 15.8. The average molecular weight is 842 g/mol. The molecular weight excluding hydrogens is 796 g/mol. The van der Waals surface area contributed by atoms with Crippen LogP contribution in [0.2, 0.25) is 0 Å². The summed E-state index contributed by atoms with van der Waals surface area (Å²) in [6.45, 7) is 4.49. The average Bonchev–Trinajstić information content (AvgIpc) is 4.11. The second-order valence-corrected chi connectivity index (χ2v) is 19.5. The Balaban J connectivity index is 1.10. The van der Waals surface area contributed by atoms with E-state index in [1.165, 1.54) is 66.8 Å². The fourth-order valence-electron chi connectivity index (χ4n) is 9.04. The molecule has 286 valence electrons. The molecule has 2 nitrogen and oxygen atoms in total. The Labute approximate surface area is 359 Å². The SMILES string of the molecule is CCCc1ccc(-c2cccc3c2C=C(c2ccc(-c4ccccc4)o2)[CH]3[Zr][CH]2C(c3ccc(-c4ccccc4)o3)=Cc3c(-c4ccc(CCC)cc4)cccc32)cc1. The molecule has 0 N–H and O–H groups in total. The molecule has 2 aliphatic rings. The van der Waals surface area contributed by atoms with Crippen molar-refractivity contribution < 1.29 is 32.1 Å². The van der Waals surface area contributed by atoms with Crippen molar-refractivity contribution in [1.29, 1.82) is 0 Å². The van der Waals surface area contributed by atoms with Crippen molar-refractivity contribution in [3.05, 3.63) is 215 Å². The van der Waals surface area contributed by atoms with E-state index in [1.54, 1.807) is 0 Å². The van der Waals surface area contributed by atoms with Gasteiger partial charge in [-0.15, -0.1) is 0 Å². The van der Waals surface area contributed by atoms with E-state index in [0.717, 1.165) is 59.9 Å². The summed E-state index contributed by atoms with van der Waals surface area (Å²) < 4.78 is 14.2. The van der Waals surface area contributed by atoms with Gasteiger partial charge in [-0.1, -0.05) is 0 Å². The standard InChI is InChI=1S/2C28H23O.Zr/c2*1-2-7-20-12-14-21(15-13-20)25-11-6-10-23-18-24(19-26(23)25)28-17-16-27(29-28)22-8-4-3-5-9-22;/h2*3-6,8-19H,2,7H2,1H3;. The maximum absolute atomic E-state index is 6.83. The Kier molecular flexibility index (Phi) is 10.5. The van der Waals surface area contributed by atoms with Gasteiger partial charge in [-0.3, -0.25) is 0 Å². The zero-order chi connectivity index (χ0) is 39.7. The number of furan rings is 2. The van der Waals surface area contributed by atoms with Crippen LogP contribution >= 0.6 is 0 Å². The van der Waals surface area contributed by atoms with Gasteiger partial charge in [-0.2, -0.15) is 0 Å². The van der Waals surface area contributed by atoms with E-state index in [1.807, 2.05) is 0 Å². The zero-order valence-electron chi connectivity index (χ0n) is 33.6. The minimum absolute atomic E-state index is 0.252. The summed E-state index contributed by atoms with van der Waals surface area (Å²) in [5.41, 5.74) is 18.1. The fourth-order valence-corrected chi connectivity index (χ4v) is 14.0. The van der Waals surface area contributed by atoms with Gasteiger partial charge in [0.25, 0.3) is 0 Å². The number of fused-ring (bicyclic) bond motifs is 2. The number of rotatable bonds is 12. The van der Waals surface area contributed by atoms with Crippen LogP contribution in [0.5, 0.6) is 0 Å². The van der Waals surface area contributed by atoms with E-state index in [4.69, 9.17) is 8.83 Å². The first kappa shape index (κ1) is 37.5. The molecule has 0 radical (unpaired) electrons. The molecule has 0 amide bonds. The number of hydrogen-bond acceptors (Lipinski definition) is 2. The Hall–Kier alpha value is -5.76. The minimum atomic E-state index is -1.44. The van der Waals surface area contributed by atoms with Crippen molar-refractivity contribution in [2.75, 3.05) is 0 Å². The molecule has 0 aliphatic heterocycles. The molecule has 8 aromatic rings. The van der Waals surface area contributed by atoms with Gasteiger partial charge < -0.3 is 0 Å². The Bertz CT molecular complexity index is 2610. The van der Waals surface area contributed by atoms with E-state index >= 15 is 0 Å². The molecule has 0 fully saturated rings. The zero-order valence-corrected chi connectivity index (χ0v) is 36.1. The van der Waals surface area contributed by atoms with Crippen LogP contribution in [0.25, 0.3) is 68.2 Å². The number of aryl methyl sites for hydroxylation is 2. The van der Waals surface area contributed by atoms with Gasteiger partial charge in [0.05, 0.1) is 0 Å². The molecule has 0 bridgehead atoms. The Morgan fingerprint density at radius 1 is 0.390 bits per heavy atom. The van der Waals surface area contributed by atoms with Crippen molar-refractivity contribution in [1.82, 2.24) is 0 Å². The number of allylic oxidation sites excluding steroid dienone is 2. The molecular formula is C56H46O2Zr. The molecule has 6 aromatic carbocycles. The Morgan fingerprint density at radius 2 is 0.797 bits per heavy atom. The van der Waals surface area contributed by atoms with Gasteiger partial charge in [0.1, 0.15) is 0 Å². The summed E-state index contributed by atoms with van der Waals surface area (Å²) in [5, 5.41) is 0. The van der Waals surface area contributed by atoms with Crippen LogP contribution in [0.4, 0.5) is 0 Å². The fraction of sp³-hybridized carbons (Fsp3) is 0.143. The predicted molar refractivity (Wildman–Crippen MR) is 241 cm³/mol. The third-order valence-electron chi connectivity index (χ3n) is 12.0. The summed E-state index contributed by atoms with van der Waals surface area (Å²) in [5.74, 6) is 3.73. The van der Waals surface area contributed by atoms with E-state index in [9.17, 15) is 0 Å². The molecule has 0 saturated heterocycles. The summed E-state index contributed by atoms with van der Waals surface area (Å²) in [6.07, 6.45) is 9.40. The van der Waals surface area contributed by atoms with E-state index < -0.39 is 23.2 Å². The van der Waals surface area contributed by atoms with Crippen LogP contribution in [0.15, 0.2) is 179 Å². The summed E-state index contributed by atoms with van der Waals surface area (Å²) in [6, 6.07) is 62.0.